The summed E-state index contributed by atoms with van der Waals surface area (Å²) in [6.07, 6.45) is 0. The molecule has 1 aliphatic rings. The Kier molecular flexibility index (Phi) is 2.19. The molecule has 1 heterocycles. The Hall–Kier alpha value is -0.0200. The van der Waals surface area contributed by atoms with E-state index in [1.54, 1.807) is 0 Å². The second kappa shape index (κ2) is 2.99. The van der Waals surface area contributed by atoms with Gasteiger partial charge in [-0.25, -0.2) is 0 Å². The zero-order valence-electron chi connectivity index (χ0n) is 7.53. The molecule has 0 aliphatic carbocycles. The molecule has 0 atom stereocenters. The van der Waals surface area contributed by atoms with E-state index in [4.69, 9.17) is 4.74 Å². The van der Waals surface area contributed by atoms with Gasteiger partial charge in [-0.1, -0.05) is 29.8 Å². The minimum atomic E-state index is 0.127. The van der Waals surface area contributed by atoms with Gasteiger partial charge < -0.3 is 4.74 Å². The van der Waals surface area contributed by atoms with Crippen LogP contribution in [0.4, 0.5) is 0 Å². The fourth-order valence-electron chi connectivity index (χ4n) is 1.54. The molecule has 2 rings (SSSR count). The molecule has 1 aliphatic heterocycles. The van der Waals surface area contributed by atoms with Gasteiger partial charge in [-0.05, 0) is 28.1 Å². The molecule has 0 saturated heterocycles. The third-order valence-electron chi connectivity index (χ3n) is 2.31. The second-order valence-corrected chi connectivity index (χ2v) is 5.71. The maximum atomic E-state index is 5.63. The van der Waals surface area contributed by atoms with Crippen molar-refractivity contribution in [2.75, 3.05) is 6.61 Å². The van der Waals surface area contributed by atoms with Crippen molar-refractivity contribution in [1.82, 2.24) is 0 Å². The number of hydrogen-bond donors (Lipinski definition) is 0. The van der Waals surface area contributed by atoms with E-state index in [0.717, 1.165) is 21.3 Å². The average Bonchev–Trinajstić information content (AvgIpc) is 2.28. The van der Waals surface area contributed by atoms with Crippen LogP contribution < -0.4 is 4.74 Å². The predicted molar refractivity (Wildman–Crippen MR) is 60.4 cm³/mol. The Labute approximate surface area is 94.7 Å². The summed E-state index contributed by atoms with van der Waals surface area (Å²) in [5.41, 5.74) is 1.40. The highest BCUT2D eigenvalue weighted by Crippen LogP contribution is 2.44. The van der Waals surface area contributed by atoms with Gasteiger partial charge in [0.05, 0.1) is 11.1 Å². The van der Waals surface area contributed by atoms with Gasteiger partial charge in [-0.15, -0.1) is 0 Å². The molecule has 0 fully saturated rings. The van der Waals surface area contributed by atoms with Crippen molar-refractivity contribution >= 4 is 31.9 Å². The summed E-state index contributed by atoms with van der Waals surface area (Å²) in [4.78, 5) is 0. The summed E-state index contributed by atoms with van der Waals surface area (Å²) < 4.78 is 7.76. The van der Waals surface area contributed by atoms with E-state index >= 15 is 0 Å². The van der Waals surface area contributed by atoms with Crippen LogP contribution in [0.25, 0.3) is 0 Å². The highest BCUT2D eigenvalue weighted by Gasteiger charge is 2.33. The Balaban J connectivity index is 2.65. The summed E-state index contributed by atoms with van der Waals surface area (Å²) in [5, 5.41) is 0. The number of ether oxygens (including phenoxy) is 1. The smallest absolute Gasteiger partial charge is 0.137 e. The molecular weight excluding hydrogens is 296 g/mol. The third-order valence-corrected chi connectivity index (χ3v) is 3.36. The Morgan fingerprint density at radius 2 is 2.00 bits per heavy atom. The fraction of sp³-hybridized carbons (Fsp3) is 0.400. The van der Waals surface area contributed by atoms with Crippen molar-refractivity contribution in [3.8, 4) is 5.75 Å². The average molecular weight is 306 g/mol. The Morgan fingerprint density at radius 3 is 2.69 bits per heavy atom. The van der Waals surface area contributed by atoms with Crippen LogP contribution in [0.3, 0.4) is 0 Å². The summed E-state index contributed by atoms with van der Waals surface area (Å²) in [5.74, 6) is 0.994. The molecule has 13 heavy (non-hydrogen) atoms. The van der Waals surface area contributed by atoms with Gasteiger partial charge >= 0.3 is 0 Å². The molecule has 0 amide bonds. The topological polar surface area (TPSA) is 9.23 Å². The van der Waals surface area contributed by atoms with Crippen LogP contribution in [-0.2, 0) is 5.41 Å². The van der Waals surface area contributed by atoms with E-state index in [1.807, 2.05) is 6.07 Å². The number of halogens is 2. The largest absolute Gasteiger partial charge is 0.491 e. The molecule has 0 spiro atoms. The lowest BCUT2D eigenvalue weighted by atomic mass is 9.87. The van der Waals surface area contributed by atoms with Crippen molar-refractivity contribution in [2.45, 2.75) is 19.3 Å². The zero-order valence-corrected chi connectivity index (χ0v) is 10.7. The van der Waals surface area contributed by atoms with Gasteiger partial charge in [0.25, 0.3) is 0 Å². The number of hydrogen-bond acceptors (Lipinski definition) is 1. The van der Waals surface area contributed by atoms with E-state index < -0.39 is 0 Å². The minimum Gasteiger partial charge on any atom is -0.491 e. The van der Waals surface area contributed by atoms with Crippen LogP contribution in [0, 0.1) is 0 Å². The van der Waals surface area contributed by atoms with E-state index in [0.29, 0.717) is 0 Å². The SMILES string of the molecule is CC1(C)COc2c(Br)cc(Br)cc21. The maximum absolute atomic E-state index is 5.63. The van der Waals surface area contributed by atoms with Gasteiger partial charge in [0.1, 0.15) is 5.75 Å². The molecule has 3 heteroatoms. The van der Waals surface area contributed by atoms with E-state index in [-0.39, 0.29) is 5.41 Å². The van der Waals surface area contributed by atoms with Crippen LogP contribution in [0.15, 0.2) is 21.1 Å². The van der Waals surface area contributed by atoms with Crippen LogP contribution in [-0.4, -0.2) is 6.61 Å². The lowest BCUT2D eigenvalue weighted by Crippen LogP contribution is -2.18. The summed E-state index contributed by atoms with van der Waals surface area (Å²) in [7, 11) is 0. The lowest BCUT2D eigenvalue weighted by Gasteiger charge is -2.15. The van der Waals surface area contributed by atoms with Crippen molar-refractivity contribution in [1.29, 1.82) is 0 Å². The summed E-state index contributed by atoms with van der Waals surface area (Å²) in [6, 6.07) is 4.15. The van der Waals surface area contributed by atoms with Crippen LogP contribution in [0.1, 0.15) is 19.4 Å². The number of rotatable bonds is 0. The predicted octanol–water partition coefficient (Wildman–Crippen LogP) is 3.88. The molecule has 0 unspecified atom stereocenters. The van der Waals surface area contributed by atoms with Crippen LogP contribution >= 0.6 is 31.9 Å². The molecule has 0 aromatic heterocycles. The number of benzene rings is 1. The van der Waals surface area contributed by atoms with Crippen molar-refractivity contribution in [3.63, 3.8) is 0 Å². The molecule has 1 nitrogen and oxygen atoms in total. The highest BCUT2D eigenvalue weighted by atomic mass is 79.9. The van der Waals surface area contributed by atoms with Crippen LogP contribution in [0.2, 0.25) is 0 Å². The molecule has 0 radical (unpaired) electrons. The first-order chi connectivity index (χ1) is 6.00. The van der Waals surface area contributed by atoms with Crippen molar-refractivity contribution in [3.05, 3.63) is 26.6 Å². The van der Waals surface area contributed by atoms with E-state index in [9.17, 15) is 0 Å². The number of fused-ring (bicyclic) bond motifs is 1. The summed E-state index contributed by atoms with van der Waals surface area (Å²) >= 11 is 6.98. The normalized spacial score (nSPS) is 18.2. The van der Waals surface area contributed by atoms with Gasteiger partial charge in [0.15, 0.2) is 0 Å². The van der Waals surface area contributed by atoms with Gasteiger partial charge in [-0.2, -0.15) is 0 Å². The fourth-order valence-corrected chi connectivity index (χ4v) is 2.88. The van der Waals surface area contributed by atoms with Crippen molar-refractivity contribution in [2.24, 2.45) is 0 Å². The van der Waals surface area contributed by atoms with Crippen LogP contribution in [0.5, 0.6) is 5.75 Å². The first kappa shape index (κ1) is 9.53. The monoisotopic (exact) mass is 304 g/mol. The molecule has 0 bridgehead atoms. The Bertz CT molecular complexity index is 358. The summed E-state index contributed by atoms with van der Waals surface area (Å²) in [6.45, 7) is 5.15. The third kappa shape index (κ3) is 1.52. The molecule has 70 valence electrons. The highest BCUT2D eigenvalue weighted by molar-refractivity contribution is 9.11. The van der Waals surface area contributed by atoms with Gasteiger partial charge in [0, 0.05) is 15.5 Å². The first-order valence-electron chi connectivity index (χ1n) is 4.13. The second-order valence-electron chi connectivity index (χ2n) is 3.94. The molecule has 0 saturated carbocycles. The minimum absolute atomic E-state index is 0.127. The van der Waals surface area contributed by atoms with Gasteiger partial charge in [-0.3, -0.25) is 0 Å². The molecule has 1 aromatic rings. The molecule has 0 N–H and O–H groups in total. The van der Waals surface area contributed by atoms with Gasteiger partial charge in [0.2, 0.25) is 0 Å². The standard InChI is InChI=1S/C10H10Br2O/c1-10(2)5-13-9-7(10)3-6(11)4-8(9)12/h3-4H,5H2,1-2H3. The van der Waals surface area contributed by atoms with E-state index in [2.05, 4.69) is 51.8 Å². The quantitative estimate of drug-likeness (QED) is 0.707. The van der Waals surface area contributed by atoms with E-state index in [1.165, 1.54) is 5.56 Å². The first-order valence-corrected chi connectivity index (χ1v) is 5.72. The molecular formula is C10H10Br2O. The lowest BCUT2D eigenvalue weighted by molar-refractivity contribution is 0.290. The Morgan fingerprint density at radius 1 is 1.31 bits per heavy atom. The maximum Gasteiger partial charge on any atom is 0.137 e. The molecule has 1 aromatic carbocycles. The van der Waals surface area contributed by atoms with Crippen molar-refractivity contribution < 1.29 is 4.74 Å². The zero-order chi connectivity index (χ0) is 9.64.